The molecule has 1 aliphatic rings. The van der Waals surface area contributed by atoms with Crippen molar-refractivity contribution in [3.05, 3.63) is 48.4 Å². The topological polar surface area (TPSA) is 75.5 Å². The smallest absolute Gasteiger partial charge is 0.317 e. The summed E-state index contributed by atoms with van der Waals surface area (Å²) in [6.07, 6.45) is 2.73. The van der Waals surface area contributed by atoms with E-state index in [9.17, 15) is 4.79 Å². The Morgan fingerprint density at radius 3 is 2.56 bits per heavy atom. The van der Waals surface area contributed by atoms with E-state index in [-0.39, 0.29) is 12.1 Å². The van der Waals surface area contributed by atoms with Crippen LogP contribution in [0, 0.1) is 0 Å². The van der Waals surface area contributed by atoms with Crippen LogP contribution in [0.4, 0.5) is 4.79 Å². The first-order valence-electron chi connectivity index (χ1n) is 11.4. The van der Waals surface area contributed by atoms with Gasteiger partial charge in [-0.05, 0) is 56.7 Å². The van der Waals surface area contributed by atoms with Gasteiger partial charge in [0, 0.05) is 44.1 Å². The highest BCUT2D eigenvalue weighted by atomic mass is 16.5. The Labute approximate surface area is 189 Å². The molecule has 8 nitrogen and oxygen atoms in total. The molecule has 170 valence electrons. The fourth-order valence-corrected chi connectivity index (χ4v) is 3.91. The van der Waals surface area contributed by atoms with Gasteiger partial charge in [-0.15, -0.1) is 0 Å². The zero-order valence-corrected chi connectivity index (χ0v) is 19.1. The summed E-state index contributed by atoms with van der Waals surface area (Å²) < 4.78 is 7.71. The fourth-order valence-electron chi connectivity index (χ4n) is 3.91. The van der Waals surface area contributed by atoms with Gasteiger partial charge in [0.05, 0.1) is 13.2 Å². The second kappa shape index (κ2) is 9.99. The van der Waals surface area contributed by atoms with Crippen molar-refractivity contribution in [3.8, 4) is 11.4 Å². The molecule has 3 aromatic rings. The first kappa shape index (κ1) is 22.1. The van der Waals surface area contributed by atoms with Gasteiger partial charge in [-0.2, -0.15) is 0 Å². The molecule has 32 heavy (non-hydrogen) atoms. The van der Waals surface area contributed by atoms with Crippen LogP contribution in [-0.4, -0.2) is 69.2 Å². The summed E-state index contributed by atoms with van der Waals surface area (Å²) in [6.45, 7) is 10.5. The molecule has 1 atom stereocenters. The highest BCUT2D eigenvalue weighted by Crippen LogP contribution is 2.23. The van der Waals surface area contributed by atoms with Gasteiger partial charge in [0.25, 0.3) is 0 Å². The van der Waals surface area contributed by atoms with Crippen molar-refractivity contribution < 1.29 is 9.53 Å². The Balaban J connectivity index is 1.50. The zero-order chi connectivity index (χ0) is 22.5. The maximum atomic E-state index is 12.4. The number of fused-ring (bicyclic) bond motifs is 1. The summed E-state index contributed by atoms with van der Waals surface area (Å²) in [4.78, 5) is 26.1. The van der Waals surface area contributed by atoms with Crippen molar-refractivity contribution in [1.82, 2.24) is 29.7 Å². The van der Waals surface area contributed by atoms with Crippen LogP contribution in [-0.2, 0) is 6.54 Å². The van der Waals surface area contributed by atoms with Gasteiger partial charge < -0.3 is 15.0 Å². The molecule has 0 unspecified atom stereocenters. The van der Waals surface area contributed by atoms with Crippen LogP contribution >= 0.6 is 0 Å². The van der Waals surface area contributed by atoms with Crippen LogP contribution in [0.15, 0.2) is 42.6 Å². The molecule has 4 rings (SSSR count). The maximum absolute atomic E-state index is 12.4. The predicted octanol–water partition coefficient (Wildman–Crippen LogP) is 3.44. The maximum Gasteiger partial charge on any atom is 0.317 e. The monoisotopic (exact) mass is 436 g/mol. The second-order valence-corrected chi connectivity index (χ2v) is 8.16. The standard InChI is InChI=1S/C24H32N6O2/c1-4-18(3)26-24(31)29-15-13-28(14-16-29)17-22-27-21-7-6-12-25-23(21)30(22)19-8-10-20(11-9-19)32-5-2/h6-12,18H,4-5,13-17H2,1-3H3,(H,26,31)/t18-/m0/s1. The Bertz CT molecular complexity index is 1040. The molecule has 2 amide bonds. The lowest BCUT2D eigenvalue weighted by Gasteiger charge is -2.35. The number of rotatable bonds is 7. The molecule has 0 saturated carbocycles. The molecular weight excluding hydrogens is 404 g/mol. The third-order valence-corrected chi connectivity index (χ3v) is 5.90. The number of hydrogen-bond donors (Lipinski definition) is 1. The predicted molar refractivity (Wildman–Crippen MR) is 125 cm³/mol. The van der Waals surface area contributed by atoms with Gasteiger partial charge in [-0.3, -0.25) is 9.47 Å². The lowest BCUT2D eigenvalue weighted by atomic mass is 10.2. The average Bonchev–Trinajstić information content (AvgIpc) is 3.18. The fraction of sp³-hybridized carbons (Fsp3) is 0.458. The Morgan fingerprint density at radius 2 is 1.88 bits per heavy atom. The molecule has 1 aliphatic heterocycles. The number of pyridine rings is 1. The van der Waals surface area contributed by atoms with Crippen molar-refractivity contribution in [3.63, 3.8) is 0 Å². The molecular formula is C24H32N6O2. The van der Waals surface area contributed by atoms with Crippen molar-refractivity contribution in [2.45, 2.75) is 39.8 Å². The lowest BCUT2D eigenvalue weighted by molar-refractivity contribution is 0.131. The highest BCUT2D eigenvalue weighted by molar-refractivity contribution is 5.75. The Kier molecular flexibility index (Phi) is 6.90. The van der Waals surface area contributed by atoms with Gasteiger partial charge in [0.2, 0.25) is 0 Å². The number of amides is 2. The van der Waals surface area contributed by atoms with E-state index < -0.39 is 0 Å². The molecule has 0 aliphatic carbocycles. The van der Waals surface area contributed by atoms with E-state index in [4.69, 9.17) is 9.72 Å². The van der Waals surface area contributed by atoms with E-state index in [1.54, 1.807) is 6.20 Å². The van der Waals surface area contributed by atoms with Crippen LogP contribution in [0.3, 0.4) is 0 Å². The second-order valence-electron chi connectivity index (χ2n) is 8.16. The van der Waals surface area contributed by atoms with Crippen LogP contribution in [0.25, 0.3) is 16.9 Å². The first-order chi connectivity index (χ1) is 15.6. The number of nitrogens with one attached hydrogen (secondary N) is 1. The molecule has 1 saturated heterocycles. The van der Waals surface area contributed by atoms with Crippen LogP contribution in [0.1, 0.15) is 33.0 Å². The van der Waals surface area contributed by atoms with E-state index in [2.05, 4.69) is 26.7 Å². The number of urea groups is 1. The van der Waals surface area contributed by atoms with Gasteiger partial charge in [0.15, 0.2) is 5.65 Å². The van der Waals surface area contributed by atoms with Crippen molar-refractivity contribution >= 4 is 17.2 Å². The summed E-state index contributed by atoms with van der Waals surface area (Å²) >= 11 is 0. The molecule has 1 N–H and O–H groups in total. The molecule has 1 fully saturated rings. The van der Waals surface area contributed by atoms with Crippen LogP contribution in [0.2, 0.25) is 0 Å². The number of aromatic nitrogens is 3. The normalized spacial score (nSPS) is 15.7. The minimum atomic E-state index is 0.0322. The molecule has 0 radical (unpaired) electrons. The van der Waals surface area contributed by atoms with E-state index in [0.29, 0.717) is 26.2 Å². The molecule has 0 spiro atoms. The van der Waals surface area contributed by atoms with E-state index in [1.807, 2.05) is 55.1 Å². The zero-order valence-electron chi connectivity index (χ0n) is 19.1. The summed E-state index contributed by atoms with van der Waals surface area (Å²) in [5.74, 6) is 1.79. The van der Waals surface area contributed by atoms with E-state index >= 15 is 0 Å². The third-order valence-electron chi connectivity index (χ3n) is 5.90. The number of carbonyl (C=O) groups excluding carboxylic acids is 1. The minimum Gasteiger partial charge on any atom is -0.494 e. The Morgan fingerprint density at radius 1 is 1.12 bits per heavy atom. The van der Waals surface area contributed by atoms with Gasteiger partial charge >= 0.3 is 6.03 Å². The minimum absolute atomic E-state index is 0.0322. The number of hydrogen-bond acceptors (Lipinski definition) is 5. The van der Waals surface area contributed by atoms with Crippen LogP contribution < -0.4 is 10.1 Å². The summed E-state index contributed by atoms with van der Waals surface area (Å²) in [7, 11) is 0. The quantitative estimate of drug-likeness (QED) is 0.614. The van der Waals surface area contributed by atoms with E-state index in [1.165, 1.54) is 0 Å². The number of benzene rings is 1. The van der Waals surface area contributed by atoms with Crippen molar-refractivity contribution in [1.29, 1.82) is 0 Å². The van der Waals surface area contributed by atoms with Crippen molar-refractivity contribution in [2.24, 2.45) is 0 Å². The van der Waals surface area contributed by atoms with Crippen LogP contribution in [0.5, 0.6) is 5.75 Å². The van der Waals surface area contributed by atoms with Gasteiger partial charge in [0.1, 0.15) is 17.1 Å². The summed E-state index contributed by atoms with van der Waals surface area (Å²) in [6, 6.07) is 12.2. The third kappa shape index (κ3) is 4.85. The van der Waals surface area contributed by atoms with Gasteiger partial charge in [-0.1, -0.05) is 6.92 Å². The molecule has 1 aromatic carbocycles. The highest BCUT2D eigenvalue weighted by Gasteiger charge is 2.24. The molecule has 3 heterocycles. The number of nitrogens with zero attached hydrogens (tertiary/aromatic N) is 5. The average molecular weight is 437 g/mol. The number of piperazine rings is 1. The number of imidazole rings is 1. The molecule has 0 bridgehead atoms. The lowest BCUT2D eigenvalue weighted by Crippen LogP contribution is -2.52. The van der Waals surface area contributed by atoms with Crippen molar-refractivity contribution in [2.75, 3.05) is 32.8 Å². The largest absolute Gasteiger partial charge is 0.494 e. The molecule has 8 heteroatoms. The van der Waals surface area contributed by atoms with Gasteiger partial charge in [-0.25, -0.2) is 14.8 Å². The first-order valence-corrected chi connectivity index (χ1v) is 11.4. The Hall–Kier alpha value is -3.13. The number of ether oxygens (including phenoxy) is 1. The SMILES string of the molecule is CCOc1ccc(-n2c(CN3CCN(C(=O)N[C@@H](C)CC)CC3)nc3cccnc32)cc1. The summed E-state index contributed by atoms with van der Waals surface area (Å²) in [5, 5.41) is 3.06. The number of carbonyl (C=O) groups is 1. The van der Waals surface area contributed by atoms with E-state index in [0.717, 1.165) is 47.9 Å². The molecule has 2 aromatic heterocycles. The summed E-state index contributed by atoms with van der Waals surface area (Å²) in [5.41, 5.74) is 2.73.